The Morgan fingerprint density at radius 1 is 1.18 bits per heavy atom. The number of fused-ring (bicyclic) bond motifs is 1. The standard InChI is InChI=1S/C24H33N5O5/c1-25-13-17(30)14-33-18-4-2-3-16(11-18)23-27-21(12-22(28-23)29-6-9-31-10-7-29)26-20-15-34-24-19(20)5-8-32-24/h2-4,11-12,17,19-20,24-25,30H,5-10,13-15H2,1H3,(H,26,27,28). The number of nitrogens with zero attached hydrogens (tertiary/aromatic N) is 3. The lowest BCUT2D eigenvalue weighted by molar-refractivity contribution is -0.0904. The van der Waals surface area contributed by atoms with E-state index in [4.69, 9.17) is 28.9 Å². The minimum atomic E-state index is -0.581. The van der Waals surface area contributed by atoms with Crippen molar-refractivity contribution in [2.75, 3.05) is 69.9 Å². The molecule has 4 atom stereocenters. The molecule has 0 spiro atoms. The lowest BCUT2D eigenvalue weighted by Gasteiger charge is -2.28. The van der Waals surface area contributed by atoms with Crippen LogP contribution in [0.25, 0.3) is 11.4 Å². The second kappa shape index (κ2) is 10.8. The number of benzene rings is 1. The summed E-state index contributed by atoms with van der Waals surface area (Å²) in [6, 6.07) is 9.82. The fourth-order valence-electron chi connectivity index (χ4n) is 4.61. The van der Waals surface area contributed by atoms with E-state index in [1.54, 1.807) is 7.05 Å². The first-order valence-electron chi connectivity index (χ1n) is 12.0. The van der Waals surface area contributed by atoms with E-state index in [-0.39, 0.29) is 18.9 Å². The highest BCUT2D eigenvalue weighted by Gasteiger charge is 2.41. The zero-order valence-corrected chi connectivity index (χ0v) is 19.5. The smallest absolute Gasteiger partial charge is 0.163 e. The number of aromatic nitrogens is 2. The highest BCUT2D eigenvalue weighted by Crippen LogP contribution is 2.34. The summed E-state index contributed by atoms with van der Waals surface area (Å²) in [6.07, 6.45) is 0.280. The summed E-state index contributed by atoms with van der Waals surface area (Å²) < 4.78 is 22.8. The maximum Gasteiger partial charge on any atom is 0.163 e. The van der Waals surface area contributed by atoms with Gasteiger partial charge in [0.1, 0.15) is 30.1 Å². The average Bonchev–Trinajstić information content (AvgIpc) is 3.49. The van der Waals surface area contributed by atoms with Crippen LogP contribution in [0.3, 0.4) is 0 Å². The van der Waals surface area contributed by atoms with Crippen molar-refractivity contribution in [2.45, 2.75) is 24.9 Å². The van der Waals surface area contributed by atoms with Gasteiger partial charge in [-0.25, -0.2) is 9.97 Å². The Morgan fingerprint density at radius 2 is 2.06 bits per heavy atom. The van der Waals surface area contributed by atoms with Gasteiger partial charge in [-0.15, -0.1) is 0 Å². The maximum absolute atomic E-state index is 9.96. The first-order valence-corrected chi connectivity index (χ1v) is 12.0. The molecule has 1 aromatic carbocycles. The summed E-state index contributed by atoms with van der Waals surface area (Å²) >= 11 is 0. The molecule has 3 aliphatic rings. The summed E-state index contributed by atoms with van der Waals surface area (Å²) in [4.78, 5) is 12.0. The Labute approximate surface area is 199 Å². The zero-order valence-electron chi connectivity index (χ0n) is 19.5. The van der Waals surface area contributed by atoms with Gasteiger partial charge in [0.15, 0.2) is 12.1 Å². The minimum absolute atomic E-state index is 0.121. The molecule has 0 amide bonds. The molecular weight excluding hydrogens is 438 g/mol. The fraction of sp³-hybridized carbons (Fsp3) is 0.583. The van der Waals surface area contributed by atoms with E-state index in [2.05, 4.69) is 15.5 Å². The predicted octanol–water partition coefficient (Wildman–Crippen LogP) is 1.11. The number of hydrogen-bond donors (Lipinski definition) is 3. The quantitative estimate of drug-likeness (QED) is 0.492. The molecule has 0 aliphatic carbocycles. The molecule has 5 rings (SSSR count). The van der Waals surface area contributed by atoms with Gasteiger partial charge in [-0.3, -0.25) is 0 Å². The largest absolute Gasteiger partial charge is 0.491 e. The van der Waals surface area contributed by atoms with Crippen LogP contribution in [-0.2, 0) is 14.2 Å². The normalized spacial score (nSPS) is 25.2. The third-order valence-electron chi connectivity index (χ3n) is 6.40. The number of likely N-dealkylation sites (N-methyl/N-ethyl adjacent to an activating group) is 1. The summed E-state index contributed by atoms with van der Waals surface area (Å²) in [5.74, 6) is 3.24. The molecule has 2 aromatic rings. The molecule has 3 aliphatic heterocycles. The van der Waals surface area contributed by atoms with E-state index in [9.17, 15) is 5.11 Å². The van der Waals surface area contributed by atoms with E-state index >= 15 is 0 Å². The van der Waals surface area contributed by atoms with E-state index < -0.39 is 6.10 Å². The third-order valence-corrected chi connectivity index (χ3v) is 6.40. The summed E-state index contributed by atoms with van der Waals surface area (Å²) in [6.45, 7) is 4.93. The highest BCUT2D eigenvalue weighted by atomic mass is 16.7. The lowest BCUT2D eigenvalue weighted by atomic mass is 10.0. The van der Waals surface area contributed by atoms with Crippen LogP contribution in [0, 0.1) is 5.92 Å². The summed E-state index contributed by atoms with van der Waals surface area (Å²) in [5, 5.41) is 16.5. The van der Waals surface area contributed by atoms with Crippen molar-refractivity contribution in [3.8, 4) is 17.1 Å². The lowest BCUT2D eigenvalue weighted by Crippen LogP contribution is -2.37. The number of nitrogens with one attached hydrogen (secondary N) is 2. The van der Waals surface area contributed by atoms with Gasteiger partial charge in [-0.1, -0.05) is 12.1 Å². The molecule has 10 nitrogen and oxygen atoms in total. The van der Waals surface area contributed by atoms with Crippen LogP contribution in [0.5, 0.6) is 5.75 Å². The van der Waals surface area contributed by atoms with Crippen LogP contribution >= 0.6 is 0 Å². The van der Waals surface area contributed by atoms with Crippen LogP contribution in [0.1, 0.15) is 6.42 Å². The molecule has 0 bridgehead atoms. The molecule has 184 valence electrons. The van der Waals surface area contributed by atoms with Crippen molar-refractivity contribution < 1.29 is 24.1 Å². The molecule has 0 radical (unpaired) electrons. The van der Waals surface area contributed by atoms with Gasteiger partial charge in [0.05, 0.1) is 32.5 Å². The van der Waals surface area contributed by atoms with Gasteiger partial charge in [0.25, 0.3) is 0 Å². The van der Waals surface area contributed by atoms with Crippen molar-refractivity contribution in [2.24, 2.45) is 5.92 Å². The van der Waals surface area contributed by atoms with E-state index in [0.717, 1.165) is 43.3 Å². The molecule has 3 fully saturated rings. The number of hydrogen-bond acceptors (Lipinski definition) is 10. The average molecular weight is 472 g/mol. The number of aliphatic hydroxyl groups excluding tert-OH is 1. The monoisotopic (exact) mass is 471 g/mol. The molecule has 1 aromatic heterocycles. The maximum atomic E-state index is 9.96. The van der Waals surface area contributed by atoms with Crippen molar-refractivity contribution in [1.82, 2.24) is 15.3 Å². The molecule has 4 unspecified atom stereocenters. The topological polar surface area (TPSA) is 110 Å². The number of anilines is 2. The van der Waals surface area contributed by atoms with Crippen LogP contribution < -0.4 is 20.3 Å². The van der Waals surface area contributed by atoms with Crippen molar-refractivity contribution in [1.29, 1.82) is 0 Å². The Kier molecular flexibility index (Phi) is 7.41. The summed E-state index contributed by atoms with van der Waals surface area (Å²) in [7, 11) is 1.80. The zero-order chi connectivity index (χ0) is 23.3. The Bertz CT molecular complexity index is 957. The molecule has 10 heteroatoms. The SMILES string of the molecule is CNCC(O)COc1cccc(-c2nc(NC3COC4OCCC34)cc(N3CCOCC3)n2)c1. The molecule has 3 N–H and O–H groups in total. The van der Waals surface area contributed by atoms with E-state index in [1.807, 2.05) is 30.3 Å². The van der Waals surface area contributed by atoms with Crippen LogP contribution in [0.15, 0.2) is 30.3 Å². The van der Waals surface area contributed by atoms with Crippen LogP contribution in [-0.4, -0.2) is 93.2 Å². The van der Waals surface area contributed by atoms with Gasteiger partial charge in [-0.05, 0) is 25.6 Å². The molecule has 0 saturated carbocycles. The fourth-order valence-corrected chi connectivity index (χ4v) is 4.61. The van der Waals surface area contributed by atoms with Crippen molar-refractivity contribution in [3.63, 3.8) is 0 Å². The van der Waals surface area contributed by atoms with Gasteiger partial charge in [-0.2, -0.15) is 0 Å². The van der Waals surface area contributed by atoms with E-state index in [1.165, 1.54) is 0 Å². The highest BCUT2D eigenvalue weighted by molar-refractivity contribution is 5.63. The van der Waals surface area contributed by atoms with Gasteiger partial charge in [0, 0.05) is 37.2 Å². The van der Waals surface area contributed by atoms with E-state index in [0.29, 0.717) is 43.9 Å². The first kappa shape index (κ1) is 23.3. The molecular formula is C24H33N5O5. The van der Waals surface area contributed by atoms with Crippen LogP contribution in [0.4, 0.5) is 11.6 Å². The van der Waals surface area contributed by atoms with Gasteiger partial charge in [0.2, 0.25) is 0 Å². The second-order valence-corrected chi connectivity index (χ2v) is 8.86. The van der Waals surface area contributed by atoms with Crippen molar-refractivity contribution >= 4 is 11.6 Å². The molecule has 34 heavy (non-hydrogen) atoms. The second-order valence-electron chi connectivity index (χ2n) is 8.86. The predicted molar refractivity (Wildman–Crippen MR) is 127 cm³/mol. The van der Waals surface area contributed by atoms with Gasteiger partial charge >= 0.3 is 0 Å². The first-order chi connectivity index (χ1) is 16.7. The van der Waals surface area contributed by atoms with Gasteiger partial charge < -0.3 is 39.6 Å². The molecule has 4 heterocycles. The Balaban J connectivity index is 1.39. The Morgan fingerprint density at radius 3 is 2.91 bits per heavy atom. The number of aliphatic hydroxyl groups is 1. The van der Waals surface area contributed by atoms with Crippen molar-refractivity contribution in [3.05, 3.63) is 30.3 Å². The number of morpholine rings is 1. The minimum Gasteiger partial charge on any atom is -0.491 e. The summed E-state index contributed by atoms with van der Waals surface area (Å²) in [5.41, 5.74) is 0.850. The third kappa shape index (κ3) is 5.42. The molecule has 3 saturated heterocycles. The number of rotatable bonds is 9. The Hall–Kier alpha value is -2.50. The van der Waals surface area contributed by atoms with Crippen LogP contribution in [0.2, 0.25) is 0 Å². The number of ether oxygens (including phenoxy) is 4.